The van der Waals surface area contributed by atoms with Gasteiger partial charge in [0.15, 0.2) is 17.3 Å². The Bertz CT molecular complexity index is 1480. The summed E-state index contributed by atoms with van der Waals surface area (Å²) >= 11 is 0. The third-order valence-electron chi connectivity index (χ3n) is 9.01. The Kier molecular flexibility index (Phi) is 9.21. The van der Waals surface area contributed by atoms with Crippen molar-refractivity contribution in [3.8, 4) is 17.3 Å². The van der Waals surface area contributed by atoms with Crippen molar-refractivity contribution >= 4 is 28.9 Å². The predicted octanol–water partition coefficient (Wildman–Crippen LogP) is 3.66. The van der Waals surface area contributed by atoms with Crippen LogP contribution < -0.4 is 21.3 Å². The molecule has 230 valence electrons. The maximum atomic E-state index is 12.6. The molecule has 2 aromatic carbocycles. The van der Waals surface area contributed by atoms with Crippen LogP contribution in [0.2, 0.25) is 0 Å². The molecule has 4 N–H and O–H groups in total. The van der Waals surface area contributed by atoms with Crippen molar-refractivity contribution in [1.29, 1.82) is 5.26 Å². The lowest BCUT2D eigenvalue weighted by atomic mass is 10.0. The van der Waals surface area contributed by atoms with Crippen molar-refractivity contribution in [2.45, 2.75) is 37.8 Å². The van der Waals surface area contributed by atoms with Gasteiger partial charge in [0, 0.05) is 81.5 Å². The molecule has 11 heteroatoms. The molecule has 3 saturated heterocycles. The lowest BCUT2D eigenvalue weighted by Crippen LogP contribution is -2.52. The highest BCUT2D eigenvalue weighted by molar-refractivity contribution is 5.98. The number of ether oxygens (including phenoxy) is 1. The summed E-state index contributed by atoms with van der Waals surface area (Å²) in [5.74, 6) is 0.0612. The van der Waals surface area contributed by atoms with Crippen LogP contribution in [0.1, 0.15) is 41.7 Å². The molecular formula is C33H41N9O2. The molecule has 4 heterocycles. The number of primary amides is 1. The van der Waals surface area contributed by atoms with Crippen LogP contribution >= 0.6 is 0 Å². The Balaban J connectivity index is 1.21. The first-order valence-corrected chi connectivity index (χ1v) is 15.6. The molecule has 0 radical (unpaired) electrons. The Hall–Kier alpha value is -4.24. The molecule has 3 aliphatic heterocycles. The Morgan fingerprint density at radius 1 is 0.932 bits per heavy atom. The largest absolute Gasteiger partial charge is 0.381 e. The molecule has 11 nitrogen and oxygen atoms in total. The summed E-state index contributed by atoms with van der Waals surface area (Å²) in [7, 11) is 2.20. The van der Waals surface area contributed by atoms with Crippen molar-refractivity contribution in [3.63, 3.8) is 0 Å². The van der Waals surface area contributed by atoms with E-state index in [4.69, 9.17) is 20.4 Å². The summed E-state index contributed by atoms with van der Waals surface area (Å²) in [6.45, 7) is 8.01. The number of piperazine rings is 1. The van der Waals surface area contributed by atoms with Gasteiger partial charge in [0.1, 0.15) is 5.69 Å². The minimum absolute atomic E-state index is 0.0142. The number of likely N-dealkylation sites (N-methyl/N-ethyl adjacent to an activating group) is 1. The maximum absolute atomic E-state index is 12.6. The summed E-state index contributed by atoms with van der Waals surface area (Å²) in [6, 6.07) is 18.4. The molecule has 1 aromatic heterocycles. The zero-order valence-corrected chi connectivity index (χ0v) is 25.3. The topological polar surface area (TPSA) is 136 Å². The predicted molar refractivity (Wildman–Crippen MR) is 172 cm³/mol. The molecule has 0 unspecified atom stereocenters. The van der Waals surface area contributed by atoms with E-state index in [0.29, 0.717) is 41.9 Å². The lowest BCUT2D eigenvalue weighted by Gasteiger charge is -2.42. The first-order valence-electron chi connectivity index (χ1n) is 15.6. The minimum atomic E-state index is -0.701. The van der Waals surface area contributed by atoms with Crippen LogP contribution in [0.25, 0.3) is 11.3 Å². The second kappa shape index (κ2) is 13.6. The summed E-state index contributed by atoms with van der Waals surface area (Å²) < 4.78 is 5.53. The monoisotopic (exact) mass is 595 g/mol. The van der Waals surface area contributed by atoms with E-state index in [0.717, 1.165) is 57.8 Å². The van der Waals surface area contributed by atoms with Crippen molar-refractivity contribution < 1.29 is 9.53 Å². The highest BCUT2D eigenvalue weighted by Crippen LogP contribution is 2.33. The number of piperidine rings is 1. The SMILES string of the molecule is CN1CCN(C2CCN(c3ccc(Nc4nc(NC5CCOCC5)c(-c5ccccc5C#N)nc4C(N)=O)cc3)CC2)CC1. The van der Waals surface area contributed by atoms with E-state index >= 15 is 0 Å². The third-order valence-corrected chi connectivity index (χ3v) is 9.01. The van der Waals surface area contributed by atoms with Crippen molar-refractivity contribution in [3.05, 3.63) is 59.8 Å². The molecule has 0 saturated carbocycles. The fraction of sp³-hybridized carbons (Fsp3) is 0.455. The van der Waals surface area contributed by atoms with Gasteiger partial charge in [-0.2, -0.15) is 5.26 Å². The number of carbonyl (C=O) groups is 1. The number of anilines is 4. The molecule has 6 rings (SSSR count). The number of nitrogens with zero attached hydrogens (tertiary/aromatic N) is 6. The quantitative estimate of drug-likeness (QED) is 0.354. The summed E-state index contributed by atoms with van der Waals surface area (Å²) in [5, 5.41) is 16.6. The van der Waals surface area contributed by atoms with Gasteiger partial charge in [0.2, 0.25) is 0 Å². The number of hydrogen-bond donors (Lipinski definition) is 3. The zero-order valence-electron chi connectivity index (χ0n) is 25.3. The second-order valence-corrected chi connectivity index (χ2v) is 11.9. The fourth-order valence-electron chi connectivity index (χ4n) is 6.37. The third kappa shape index (κ3) is 6.78. The van der Waals surface area contributed by atoms with Crippen molar-refractivity contribution in [2.75, 3.05) is 75.1 Å². The first-order chi connectivity index (χ1) is 21.5. The van der Waals surface area contributed by atoms with Gasteiger partial charge in [-0.1, -0.05) is 18.2 Å². The van der Waals surface area contributed by atoms with E-state index < -0.39 is 5.91 Å². The number of benzene rings is 2. The highest BCUT2D eigenvalue weighted by atomic mass is 16.5. The number of amides is 1. The van der Waals surface area contributed by atoms with Crippen LogP contribution in [-0.4, -0.2) is 97.3 Å². The van der Waals surface area contributed by atoms with E-state index in [1.54, 1.807) is 12.1 Å². The molecule has 44 heavy (non-hydrogen) atoms. The van der Waals surface area contributed by atoms with Crippen LogP contribution in [0.3, 0.4) is 0 Å². The minimum Gasteiger partial charge on any atom is -0.381 e. The maximum Gasteiger partial charge on any atom is 0.271 e. The standard InChI is InChI=1S/C33H41N9O2/c1-40-16-18-42(19-17-40)27-10-14-41(15-11-27)26-8-6-24(7-9-26)36-33-30(31(35)43)38-29(28-5-3-2-4-23(28)22-34)32(39-33)37-25-12-20-44-21-13-25/h2-9,25,27H,10-21H2,1H3,(H2,35,43)(H2,36,37,39). The van der Waals surface area contributed by atoms with Crippen LogP contribution in [0.15, 0.2) is 48.5 Å². The molecule has 0 aliphatic carbocycles. The number of nitriles is 1. The van der Waals surface area contributed by atoms with Gasteiger partial charge in [0.25, 0.3) is 5.91 Å². The second-order valence-electron chi connectivity index (χ2n) is 11.9. The normalized spacial score (nSPS) is 19.0. The van der Waals surface area contributed by atoms with Crippen molar-refractivity contribution in [2.24, 2.45) is 5.73 Å². The Morgan fingerprint density at radius 2 is 1.64 bits per heavy atom. The van der Waals surface area contributed by atoms with Crippen molar-refractivity contribution in [1.82, 2.24) is 19.8 Å². The smallest absolute Gasteiger partial charge is 0.271 e. The van der Waals surface area contributed by atoms with Gasteiger partial charge < -0.3 is 30.9 Å². The average Bonchev–Trinajstić information content (AvgIpc) is 3.06. The van der Waals surface area contributed by atoms with Gasteiger partial charge in [0.05, 0.1) is 11.6 Å². The molecule has 0 bridgehead atoms. The van der Waals surface area contributed by atoms with E-state index in [-0.39, 0.29) is 17.6 Å². The zero-order chi connectivity index (χ0) is 30.5. The molecule has 0 atom stereocenters. The van der Waals surface area contributed by atoms with Gasteiger partial charge >= 0.3 is 0 Å². The van der Waals surface area contributed by atoms with E-state index in [1.165, 1.54) is 18.5 Å². The number of hydrogen-bond acceptors (Lipinski definition) is 10. The lowest BCUT2D eigenvalue weighted by molar-refractivity contribution is 0.0904. The number of carbonyl (C=O) groups excluding carboxylic acids is 1. The highest BCUT2D eigenvalue weighted by Gasteiger charge is 2.27. The number of rotatable bonds is 8. The summed E-state index contributed by atoms with van der Waals surface area (Å²) in [6.07, 6.45) is 3.97. The van der Waals surface area contributed by atoms with Gasteiger partial charge in [-0.05, 0) is 63.1 Å². The Labute approximate surface area is 259 Å². The summed E-state index contributed by atoms with van der Waals surface area (Å²) in [4.78, 5) is 29.7. The summed E-state index contributed by atoms with van der Waals surface area (Å²) in [5.41, 5.74) is 9.24. The van der Waals surface area contributed by atoms with E-state index in [2.05, 4.69) is 50.6 Å². The molecule has 1 amide bonds. The van der Waals surface area contributed by atoms with Crippen LogP contribution in [0.4, 0.5) is 23.0 Å². The van der Waals surface area contributed by atoms with Gasteiger partial charge in [-0.25, -0.2) is 9.97 Å². The van der Waals surface area contributed by atoms with Gasteiger partial charge in [-0.3, -0.25) is 9.69 Å². The fourth-order valence-corrected chi connectivity index (χ4v) is 6.37. The Morgan fingerprint density at radius 3 is 2.32 bits per heavy atom. The van der Waals surface area contributed by atoms with E-state index in [9.17, 15) is 10.1 Å². The van der Waals surface area contributed by atoms with E-state index in [1.807, 2.05) is 24.3 Å². The number of aromatic nitrogens is 2. The number of nitrogens with two attached hydrogens (primary N) is 1. The first kappa shape index (κ1) is 29.8. The van der Waals surface area contributed by atoms with Crippen LogP contribution in [-0.2, 0) is 4.74 Å². The van der Waals surface area contributed by atoms with Crippen LogP contribution in [0, 0.1) is 11.3 Å². The van der Waals surface area contributed by atoms with Crippen LogP contribution in [0.5, 0.6) is 0 Å². The molecule has 3 aliphatic rings. The number of nitrogens with one attached hydrogen (secondary N) is 2. The molecule has 0 spiro atoms. The molecular weight excluding hydrogens is 554 g/mol. The molecule has 3 fully saturated rings. The van der Waals surface area contributed by atoms with Gasteiger partial charge in [-0.15, -0.1) is 0 Å². The average molecular weight is 596 g/mol. The molecule has 3 aromatic rings.